The Morgan fingerprint density at radius 1 is 1.41 bits per heavy atom. The summed E-state index contributed by atoms with van der Waals surface area (Å²) in [6.45, 7) is 3.16. The first kappa shape index (κ1) is 23.3. The first-order valence-electron chi connectivity index (χ1n) is 9.13. The summed E-state index contributed by atoms with van der Waals surface area (Å²) in [6.07, 6.45) is 3.40. The molecule has 1 fully saturated rings. The lowest BCUT2D eigenvalue weighted by molar-refractivity contribution is -0.119. The van der Waals surface area contributed by atoms with Crippen molar-refractivity contribution in [2.24, 2.45) is 16.6 Å². The van der Waals surface area contributed by atoms with Gasteiger partial charge in [-0.3, -0.25) is 9.79 Å². The average Bonchev–Trinajstić information content (AvgIpc) is 2.64. The highest BCUT2D eigenvalue weighted by molar-refractivity contribution is 14.0. The van der Waals surface area contributed by atoms with Crippen molar-refractivity contribution in [2.75, 3.05) is 40.4 Å². The van der Waals surface area contributed by atoms with Crippen molar-refractivity contribution < 1.29 is 14.3 Å². The third-order valence-electron chi connectivity index (χ3n) is 4.43. The fraction of sp³-hybridized carbons (Fsp3) is 0.579. The fourth-order valence-corrected chi connectivity index (χ4v) is 3.19. The highest BCUT2D eigenvalue weighted by Gasteiger charge is 2.23. The molecule has 27 heavy (non-hydrogen) atoms. The molecular weight excluding hydrogens is 459 g/mol. The van der Waals surface area contributed by atoms with Crippen molar-refractivity contribution in [3.63, 3.8) is 0 Å². The molecule has 1 unspecified atom stereocenters. The summed E-state index contributed by atoms with van der Waals surface area (Å²) >= 11 is 0. The van der Waals surface area contributed by atoms with E-state index in [2.05, 4.69) is 15.2 Å². The quantitative estimate of drug-likeness (QED) is 0.253. The van der Waals surface area contributed by atoms with Gasteiger partial charge in [0.05, 0.1) is 13.7 Å². The topological polar surface area (TPSA) is 89.2 Å². The van der Waals surface area contributed by atoms with Gasteiger partial charge in [-0.2, -0.15) is 0 Å². The van der Waals surface area contributed by atoms with Gasteiger partial charge in [0.25, 0.3) is 0 Å². The van der Waals surface area contributed by atoms with Crippen molar-refractivity contribution in [3.8, 4) is 11.5 Å². The van der Waals surface area contributed by atoms with Gasteiger partial charge in [0, 0.05) is 39.2 Å². The molecule has 1 atom stereocenters. The number of likely N-dealkylation sites (tertiary alicyclic amines) is 1. The number of nitrogens with zero attached hydrogens (tertiary/aromatic N) is 2. The molecule has 1 aromatic rings. The highest BCUT2D eigenvalue weighted by atomic mass is 127. The zero-order valence-corrected chi connectivity index (χ0v) is 18.5. The van der Waals surface area contributed by atoms with Gasteiger partial charge in [-0.05, 0) is 37.3 Å². The lowest BCUT2D eigenvalue weighted by atomic mass is 9.95. The van der Waals surface area contributed by atoms with Gasteiger partial charge < -0.3 is 25.4 Å². The molecule has 1 heterocycles. The van der Waals surface area contributed by atoms with Crippen LogP contribution in [0.15, 0.2) is 29.3 Å². The van der Waals surface area contributed by atoms with Crippen molar-refractivity contribution in [3.05, 3.63) is 24.3 Å². The van der Waals surface area contributed by atoms with Crippen LogP contribution in [0.1, 0.15) is 25.7 Å². The second-order valence-electron chi connectivity index (χ2n) is 6.48. The molecule has 1 saturated heterocycles. The predicted octanol–water partition coefficient (Wildman–Crippen LogP) is 2.24. The molecule has 7 nitrogen and oxygen atoms in total. The van der Waals surface area contributed by atoms with Crippen molar-refractivity contribution in [2.45, 2.75) is 25.7 Å². The molecule has 0 radical (unpaired) electrons. The van der Waals surface area contributed by atoms with E-state index in [9.17, 15) is 4.79 Å². The van der Waals surface area contributed by atoms with E-state index in [1.807, 2.05) is 24.3 Å². The number of piperidine rings is 1. The van der Waals surface area contributed by atoms with Crippen LogP contribution in [0.4, 0.5) is 0 Å². The molecular formula is C19H31IN4O3. The Kier molecular flexibility index (Phi) is 10.9. The number of benzene rings is 1. The molecule has 0 spiro atoms. The van der Waals surface area contributed by atoms with E-state index in [1.54, 1.807) is 14.2 Å². The number of nitrogens with one attached hydrogen (secondary N) is 1. The Labute approximate surface area is 178 Å². The zero-order valence-electron chi connectivity index (χ0n) is 16.1. The van der Waals surface area contributed by atoms with E-state index in [0.717, 1.165) is 56.4 Å². The second kappa shape index (κ2) is 12.6. The predicted molar refractivity (Wildman–Crippen MR) is 118 cm³/mol. The minimum absolute atomic E-state index is 0. The van der Waals surface area contributed by atoms with Crippen molar-refractivity contribution >= 4 is 35.8 Å². The maximum absolute atomic E-state index is 11.2. The Morgan fingerprint density at radius 2 is 2.19 bits per heavy atom. The van der Waals surface area contributed by atoms with E-state index < -0.39 is 0 Å². The van der Waals surface area contributed by atoms with Crippen LogP contribution in [-0.4, -0.2) is 57.2 Å². The Balaban J connectivity index is 0.00000364. The smallest absolute Gasteiger partial charge is 0.217 e. The first-order valence-corrected chi connectivity index (χ1v) is 9.13. The average molecular weight is 490 g/mol. The van der Waals surface area contributed by atoms with Gasteiger partial charge in [-0.1, -0.05) is 6.07 Å². The van der Waals surface area contributed by atoms with Crippen molar-refractivity contribution in [1.82, 2.24) is 10.2 Å². The third kappa shape index (κ3) is 8.23. The van der Waals surface area contributed by atoms with Crippen LogP contribution in [0.5, 0.6) is 11.5 Å². The number of methoxy groups -OCH3 is 1. The maximum Gasteiger partial charge on any atom is 0.217 e. The van der Waals surface area contributed by atoms with Gasteiger partial charge in [0.15, 0.2) is 5.96 Å². The molecule has 1 aliphatic heterocycles. The van der Waals surface area contributed by atoms with E-state index in [1.165, 1.54) is 0 Å². The minimum Gasteiger partial charge on any atom is -0.497 e. The largest absolute Gasteiger partial charge is 0.497 e. The monoisotopic (exact) mass is 490 g/mol. The first-order chi connectivity index (χ1) is 12.6. The van der Waals surface area contributed by atoms with Gasteiger partial charge in [0.1, 0.15) is 11.5 Å². The van der Waals surface area contributed by atoms with E-state index >= 15 is 0 Å². The second-order valence-corrected chi connectivity index (χ2v) is 6.48. The summed E-state index contributed by atoms with van der Waals surface area (Å²) in [4.78, 5) is 17.7. The molecule has 0 aromatic heterocycles. The number of carbonyl (C=O) groups excluding carboxylic acids is 1. The van der Waals surface area contributed by atoms with E-state index in [0.29, 0.717) is 18.9 Å². The van der Waals surface area contributed by atoms with Gasteiger partial charge in [0.2, 0.25) is 5.91 Å². The molecule has 3 N–H and O–H groups in total. The number of guanidine groups is 1. The summed E-state index contributed by atoms with van der Waals surface area (Å²) in [5.74, 6) is 2.56. The normalized spacial score (nSPS) is 17.0. The number of hydrogen-bond donors (Lipinski definition) is 2. The number of carbonyl (C=O) groups is 1. The molecule has 0 bridgehead atoms. The van der Waals surface area contributed by atoms with Crippen LogP contribution in [0.3, 0.4) is 0 Å². The van der Waals surface area contributed by atoms with Crippen LogP contribution in [0.2, 0.25) is 0 Å². The number of hydrogen-bond acceptors (Lipinski definition) is 4. The summed E-state index contributed by atoms with van der Waals surface area (Å²) in [5.41, 5.74) is 5.33. The molecule has 0 saturated carbocycles. The van der Waals surface area contributed by atoms with Crippen LogP contribution in [0, 0.1) is 5.92 Å². The summed E-state index contributed by atoms with van der Waals surface area (Å²) in [6, 6.07) is 7.59. The SMILES string of the molecule is CN=C(NCCCOc1cccc(OC)c1)N1CCCC(CC(N)=O)C1.I. The number of amides is 1. The van der Waals surface area contributed by atoms with Crippen LogP contribution < -0.4 is 20.5 Å². The van der Waals surface area contributed by atoms with E-state index in [4.69, 9.17) is 15.2 Å². The summed E-state index contributed by atoms with van der Waals surface area (Å²) < 4.78 is 10.9. The number of nitrogens with two attached hydrogens (primary N) is 1. The number of aliphatic imine (C=N–C) groups is 1. The molecule has 1 aliphatic rings. The number of ether oxygens (including phenoxy) is 2. The minimum atomic E-state index is -0.227. The summed E-state index contributed by atoms with van der Waals surface area (Å²) in [7, 11) is 3.43. The molecule has 2 rings (SSSR count). The molecule has 0 aliphatic carbocycles. The lowest BCUT2D eigenvalue weighted by Gasteiger charge is -2.34. The summed E-state index contributed by atoms with van der Waals surface area (Å²) in [5, 5.41) is 3.38. The zero-order chi connectivity index (χ0) is 18.8. The van der Waals surface area contributed by atoms with Crippen LogP contribution in [-0.2, 0) is 4.79 Å². The van der Waals surface area contributed by atoms with Crippen LogP contribution in [0.25, 0.3) is 0 Å². The molecule has 152 valence electrons. The number of halogens is 1. The molecule has 8 heteroatoms. The van der Waals surface area contributed by atoms with Gasteiger partial charge in [-0.15, -0.1) is 24.0 Å². The standard InChI is InChI=1S/C19H30N4O3.HI/c1-21-19(23-10-4-6-15(14-23)12-18(20)24)22-9-5-11-26-17-8-3-7-16(13-17)25-2;/h3,7-8,13,15H,4-6,9-12,14H2,1-2H3,(H2,20,24)(H,21,22);1H. The Bertz CT molecular complexity index is 612. The van der Waals surface area contributed by atoms with E-state index in [-0.39, 0.29) is 29.9 Å². The number of rotatable bonds is 8. The van der Waals surface area contributed by atoms with Gasteiger partial charge >= 0.3 is 0 Å². The lowest BCUT2D eigenvalue weighted by Crippen LogP contribution is -2.47. The fourth-order valence-electron chi connectivity index (χ4n) is 3.19. The number of primary amides is 1. The molecule has 1 amide bonds. The Morgan fingerprint density at radius 3 is 2.89 bits per heavy atom. The Hall–Kier alpha value is -1.71. The van der Waals surface area contributed by atoms with Crippen molar-refractivity contribution in [1.29, 1.82) is 0 Å². The van der Waals surface area contributed by atoms with Gasteiger partial charge in [-0.25, -0.2) is 0 Å². The highest BCUT2D eigenvalue weighted by Crippen LogP contribution is 2.20. The third-order valence-corrected chi connectivity index (χ3v) is 4.43. The van der Waals surface area contributed by atoms with Crippen LogP contribution >= 0.6 is 24.0 Å². The maximum atomic E-state index is 11.2. The molecule has 1 aromatic carbocycles.